The smallest absolute Gasteiger partial charge is 0.0399 e. The van der Waals surface area contributed by atoms with Crippen molar-refractivity contribution in [1.82, 2.24) is 0 Å². The van der Waals surface area contributed by atoms with Gasteiger partial charge in [-0.05, 0) is 77.4 Å². The molecule has 4 bridgehead atoms. The lowest BCUT2D eigenvalue weighted by Crippen LogP contribution is -2.57. The summed E-state index contributed by atoms with van der Waals surface area (Å²) in [6.45, 7) is 0. The van der Waals surface area contributed by atoms with E-state index < -0.39 is 0 Å². The second kappa shape index (κ2) is 3.25. The van der Waals surface area contributed by atoms with Crippen molar-refractivity contribution in [2.75, 3.05) is 0 Å². The zero-order valence-corrected chi connectivity index (χ0v) is 21.2. The molecule has 2 spiro atoms. The number of hydrogen-bond donors (Lipinski definition) is 0. The lowest BCUT2D eigenvalue weighted by atomic mass is 9.51. The Morgan fingerprint density at radius 1 is 0.520 bits per heavy atom. The summed E-state index contributed by atoms with van der Waals surface area (Å²) in [4.78, 5) is 2.39. The molecule has 10 rings (SSSR count). The Hall–Kier alpha value is 2.40. The van der Waals surface area contributed by atoms with E-state index in [2.05, 4.69) is 47.8 Å². The molecule has 0 aromatic rings. The van der Waals surface area contributed by atoms with Gasteiger partial charge in [-0.15, -0.1) is 0 Å². The van der Waals surface area contributed by atoms with E-state index >= 15 is 0 Å². The summed E-state index contributed by atoms with van der Waals surface area (Å²) in [5, 5.41) is 0. The van der Waals surface area contributed by atoms with E-state index in [-0.39, 0.29) is 0 Å². The SMILES string of the molecule is BrC1C2[C@@H]3[C@H]4C1C15[C@@H]6C(Br)[C@H]7[C@@H]8[C@@H]6[C@@H]6C(Br)[C@H]8[C@@](Br)([C@H]3C[C@H]4[C@@]61Br)C275. The van der Waals surface area contributed by atoms with Crippen LogP contribution in [0.4, 0.5) is 0 Å². The van der Waals surface area contributed by atoms with E-state index in [9.17, 15) is 0 Å². The van der Waals surface area contributed by atoms with Gasteiger partial charge in [-0.25, -0.2) is 0 Å². The number of halogens is 5. The maximum atomic E-state index is 4.73. The summed E-state index contributed by atoms with van der Waals surface area (Å²) in [6, 6.07) is 0. The maximum absolute atomic E-state index is 4.73. The molecule has 0 radical (unpaired) electrons. The average Bonchev–Trinajstić information content (AvgIpc) is 3.33. The van der Waals surface area contributed by atoms with Gasteiger partial charge in [-0.2, -0.15) is 0 Å². The molecule has 0 heterocycles. The van der Waals surface area contributed by atoms with Crippen LogP contribution in [0.1, 0.15) is 6.42 Å². The first-order chi connectivity index (χ1) is 11.9. The van der Waals surface area contributed by atoms with Gasteiger partial charge >= 0.3 is 0 Å². The Bertz CT molecular complexity index is 810. The Morgan fingerprint density at radius 3 is 1.32 bits per heavy atom. The van der Waals surface area contributed by atoms with Crippen LogP contribution >= 0.6 is 79.6 Å². The minimum atomic E-state index is 0.444. The third-order valence-corrected chi connectivity index (χ3v) is 19.9. The van der Waals surface area contributed by atoms with E-state index in [1.165, 1.54) is 0 Å². The van der Waals surface area contributed by atoms with Crippen LogP contribution in [0.3, 0.4) is 0 Å². The van der Waals surface area contributed by atoms with Gasteiger partial charge in [-0.1, -0.05) is 79.6 Å². The monoisotopic (exact) mass is 652 g/mol. The molecular formula is C20H17Br5. The van der Waals surface area contributed by atoms with Crippen molar-refractivity contribution in [3.8, 4) is 0 Å². The molecule has 0 amide bonds. The van der Waals surface area contributed by atoms with Crippen molar-refractivity contribution in [3.63, 3.8) is 0 Å². The molecule has 0 aliphatic heterocycles. The van der Waals surface area contributed by atoms with Gasteiger partial charge in [0, 0.05) is 34.0 Å². The van der Waals surface area contributed by atoms with Crippen molar-refractivity contribution < 1.29 is 0 Å². The van der Waals surface area contributed by atoms with Gasteiger partial charge in [0.05, 0.1) is 0 Å². The van der Waals surface area contributed by atoms with Crippen molar-refractivity contribution >= 4 is 79.6 Å². The third kappa shape index (κ3) is 0.743. The summed E-state index contributed by atoms with van der Waals surface area (Å²) in [5.74, 6) is 11.6. The topological polar surface area (TPSA) is 0 Å². The molecule has 0 N–H and O–H groups in total. The summed E-state index contributed by atoms with van der Waals surface area (Å²) < 4.78 is 0.888. The van der Waals surface area contributed by atoms with Crippen molar-refractivity contribution in [3.05, 3.63) is 0 Å². The molecule has 19 atom stereocenters. The van der Waals surface area contributed by atoms with Crippen molar-refractivity contribution in [2.24, 2.45) is 81.8 Å². The first kappa shape index (κ1) is 14.4. The van der Waals surface area contributed by atoms with Crippen molar-refractivity contribution in [1.29, 1.82) is 0 Å². The fraction of sp³-hybridized carbons (Fsp3) is 1.00. The molecule has 10 fully saturated rings. The van der Waals surface area contributed by atoms with Crippen molar-refractivity contribution in [2.45, 2.75) is 29.6 Å². The Kier molecular flexibility index (Phi) is 1.87. The van der Waals surface area contributed by atoms with Crippen LogP contribution in [0.25, 0.3) is 0 Å². The molecule has 10 aliphatic rings. The zero-order valence-electron chi connectivity index (χ0n) is 13.3. The summed E-state index contributed by atoms with van der Waals surface area (Å²) in [6.07, 6.45) is 1.54. The Balaban J connectivity index is 1.55. The summed E-state index contributed by atoms with van der Waals surface area (Å²) in [5.41, 5.74) is 1.17. The fourth-order valence-electron chi connectivity index (χ4n) is 14.5. The van der Waals surface area contributed by atoms with Crippen LogP contribution in [-0.2, 0) is 0 Å². The molecule has 0 saturated heterocycles. The summed E-state index contributed by atoms with van der Waals surface area (Å²) >= 11 is 22.6. The predicted octanol–water partition coefficient (Wildman–Crippen LogP) is 5.44. The first-order valence-corrected chi connectivity index (χ1v) is 14.6. The predicted molar refractivity (Wildman–Crippen MR) is 113 cm³/mol. The van der Waals surface area contributed by atoms with Gasteiger partial charge in [0.1, 0.15) is 0 Å². The number of rotatable bonds is 0. The van der Waals surface area contributed by atoms with Crippen LogP contribution in [0.15, 0.2) is 0 Å². The highest BCUT2D eigenvalue weighted by molar-refractivity contribution is 9.11. The highest BCUT2D eigenvalue weighted by Gasteiger charge is 3.11. The Labute approximate surface area is 189 Å². The van der Waals surface area contributed by atoms with Crippen LogP contribution < -0.4 is 0 Å². The maximum Gasteiger partial charge on any atom is 0.0399 e. The quantitative estimate of drug-likeness (QED) is 0.305. The highest BCUT2D eigenvalue weighted by Crippen LogP contribution is 3.10. The molecule has 0 aromatic heterocycles. The molecule has 25 heavy (non-hydrogen) atoms. The van der Waals surface area contributed by atoms with Gasteiger partial charge in [0.15, 0.2) is 0 Å². The van der Waals surface area contributed by atoms with E-state index in [1.54, 1.807) is 6.42 Å². The number of hydrogen-bond acceptors (Lipinski definition) is 0. The highest BCUT2D eigenvalue weighted by atomic mass is 79.9. The number of fused-ring (bicyclic) bond motifs is 4. The van der Waals surface area contributed by atoms with Gasteiger partial charge < -0.3 is 0 Å². The second-order valence-corrected chi connectivity index (χ2v) is 17.3. The van der Waals surface area contributed by atoms with E-state index in [1.807, 2.05) is 0 Å². The van der Waals surface area contributed by atoms with Gasteiger partial charge in [0.25, 0.3) is 0 Å². The molecule has 10 saturated carbocycles. The fourth-order valence-corrected chi connectivity index (χ4v) is 23.7. The standard InChI is InChI=1S/C20H17Br5/c21-14-8-4-2-1-3-5(4)9(14)18-11-7-6-10(15(11)22)17(8,18)19(2,24)12(6)16(23)13(7)20(3,18)25/h2-16H,1H2/t2-,3+,4-,5-,6-,7-,8?,9?,10+,11-,12-,13+,14?,15?,16?,17?,18?,19-,20+/m0/s1. The lowest BCUT2D eigenvalue weighted by molar-refractivity contribution is -0.0472. The normalized spacial score (nSPS) is 97.1. The number of alkyl halides is 5. The zero-order chi connectivity index (χ0) is 16.4. The van der Waals surface area contributed by atoms with Crippen LogP contribution in [0, 0.1) is 81.8 Å². The second-order valence-electron chi connectivity index (χ2n) is 11.5. The molecule has 10 aliphatic carbocycles. The Morgan fingerprint density at radius 2 is 0.880 bits per heavy atom. The molecule has 5 heteroatoms. The lowest BCUT2D eigenvalue weighted by Gasteiger charge is -2.55. The molecule has 132 valence electrons. The summed E-state index contributed by atoms with van der Waals surface area (Å²) in [7, 11) is 0. The van der Waals surface area contributed by atoms with Gasteiger partial charge in [0.2, 0.25) is 0 Å². The van der Waals surface area contributed by atoms with Crippen LogP contribution in [-0.4, -0.2) is 23.1 Å². The minimum absolute atomic E-state index is 0.444. The van der Waals surface area contributed by atoms with E-state index in [0.29, 0.717) is 19.5 Å². The van der Waals surface area contributed by atoms with Gasteiger partial charge in [-0.3, -0.25) is 0 Å². The molecular weight excluding hydrogens is 640 g/mol. The van der Waals surface area contributed by atoms with Crippen LogP contribution in [0.2, 0.25) is 0 Å². The van der Waals surface area contributed by atoms with E-state index in [0.717, 1.165) is 85.5 Å². The molecule has 0 aromatic carbocycles. The average molecular weight is 657 g/mol. The minimum Gasteiger partial charge on any atom is -0.0884 e. The van der Waals surface area contributed by atoms with E-state index in [4.69, 9.17) is 31.9 Å². The first-order valence-electron chi connectivity index (χ1n) is 10.2. The largest absolute Gasteiger partial charge is 0.0884 e. The van der Waals surface area contributed by atoms with Crippen LogP contribution in [0.5, 0.6) is 0 Å². The molecule has 0 nitrogen and oxygen atoms in total. The third-order valence-electron chi connectivity index (χ3n) is 13.0. The molecule has 7 unspecified atom stereocenters.